The second-order valence-corrected chi connectivity index (χ2v) is 6.42. The van der Waals surface area contributed by atoms with Crippen molar-refractivity contribution in [2.45, 2.75) is 45.2 Å². The summed E-state index contributed by atoms with van der Waals surface area (Å²) in [5, 5.41) is 3.59. The van der Waals surface area contributed by atoms with Crippen LogP contribution >= 0.6 is 0 Å². The van der Waals surface area contributed by atoms with Crippen LogP contribution in [0.2, 0.25) is 0 Å². The van der Waals surface area contributed by atoms with Gasteiger partial charge in [0.15, 0.2) is 0 Å². The molecule has 0 amide bonds. The van der Waals surface area contributed by atoms with E-state index in [9.17, 15) is 0 Å². The van der Waals surface area contributed by atoms with Gasteiger partial charge < -0.3 is 10.1 Å². The molecule has 0 aromatic heterocycles. The summed E-state index contributed by atoms with van der Waals surface area (Å²) in [4.78, 5) is 2.51. The third-order valence-electron chi connectivity index (χ3n) is 4.31. The average Bonchev–Trinajstić information content (AvgIpc) is 2.98. The molecule has 1 saturated heterocycles. The minimum absolute atomic E-state index is 0.603. The molecule has 1 aliphatic heterocycles. The zero-order valence-electron chi connectivity index (χ0n) is 13.8. The smallest absolute Gasteiger partial charge is 0.0589 e. The van der Waals surface area contributed by atoms with Gasteiger partial charge in [-0.2, -0.15) is 0 Å². The number of ether oxygens (including phenoxy) is 1. The van der Waals surface area contributed by atoms with Gasteiger partial charge in [0.25, 0.3) is 0 Å². The maximum absolute atomic E-state index is 5.26. The molecule has 1 atom stereocenters. The molecule has 0 radical (unpaired) electrons. The maximum Gasteiger partial charge on any atom is 0.0589 e. The third-order valence-corrected chi connectivity index (χ3v) is 4.31. The number of hydrogen-bond acceptors (Lipinski definition) is 3. The van der Waals surface area contributed by atoms with Crippen molar-refractivity contribution < 1.29 is 4.74 Å². The molecular formula is C18H30N2O. The van der Waals surface area contributed by atoms with Gasteiger partial charge in [-0.1, -0.05) is 38.1 Å². The average molecular weight is 290 g/mol. The van der Waals surface area contributed by atoms with E-state index in [4.69, 9.17) is 4.74 Å². The van der Waals surface area contributed by atoms with Crippen LogP contribution < -0.4 is 5.32 Å². The van der Waals surface area contributed by atoms with Crippen LogP contribution in [0.4, 0.5) is 0 Å². The highest BCUT2D eigenvalue weighted by Gasteiger charge is 2.17. The zero-order chi connectivity index (χ0) is 15.1. The molecule has 0 saturated carbocycles. The third kappa shape index (κ3) is 5.42. The van der Waals surface area contributed by atoms with E-state index >= 15 is 0 Å². The van der Waals surface area contributed by atoms with Gasteiger partial charge in [0.2, 0.25) is 0 Å². The molecular weight excluding hydrogens is 260 g/mol. The Morgan fingerprint density at radius 3 is 2.62 bits per heavy atom. The first-order valence-corrected chi connectivity index (χ1v) is 8.22. The Morgan fingerprint density at radius 1 is 1.29 bits per heavy atom. The summed E-state index contributed by atoms with van der Waals surface area (Å²) in [6, 6.07) is 9.73. The van der Waals surface area contributed by atoms with Crippen molar-refractivity contribution in [2.24, 2.45) is 0 Å². The van der Waals surface area contributed by atoms with Crippen molar-refractivity contribution in [3.8, 4) is 0 Å². The monoisotopic (exact) mass is 290 g/mol. The Kier molecular flexibility index (Phi) is 6.68. The minimum Gasteiger partial charge on any atom is -0.383 e. The molecule has 1 N–H and O–H groups in total. The fourth-order valence-corrected chi connectivity index (χ4v) is 2.95. The Hall–Kier alpha value is -0.900. The maximum atomic E-state index is 5.26. The quantitative estimate of drug-likeness (QED) is 0.796. The van der Waals surface area contributed by atoms with Crippen LogP contribution in [-0.4, -0.2) is 44.3 Å². The van der Waals surface area contributed by atoms with Crippen LogP contribution in [0.5, 0.6) is 0 Å². The van der Waals surface area contributed by atoms with Crippen molar-refractivity contribution >= 4 is 0 Å². The fourth-order valence-electron chi connectivity index (χ4n) is 2.95. The topological polar surface area (TPSA) is 24.5 Å². The van der Waals surface area contributed by atoms with E-state index in [0.717, 1.165) is 26.2 Å². The van der Waals surface area contributed by atoms with E-state index in [1.54, 1.807) is 7.11 Å². The normalized spacial score (nSPS) is 18.8. The van der Waals surface area contributed by atoms with Crippen LogP contribution in [0, 0.1) is 0 Å². The first kappa shape index (κ1) is 16.5. The number of rotatable bonds is 8. The molecule has 0 spiro atoms. The van der Waals surface area contributed by atoms with Gasteiger partial charge in [-0.15, -0.1) is 0 Å². The standard InChI is InChI=1S/C18H30N2O/c1-15(2)17-8-6-16(7-9-17)13-20(11-12-21-3)14-18-5-4-10-19-18/h6-9,15,18-19H,4-5,10-14H2,1-3H3. The Labute approximate surface area is 129 Å². The number of methoxy groups -OCH3 is 1. The van der Waals surface area contributed by atoms with E-state index in [1.165, 1.54) is 30.5 Å². The second-order valence-electron chi connectivity index (χ2n) is 6.42. The van der Waals surface area contributed by atoms with E-state index in [1.807, 2.05) is 0 Å². The Morgan fingerprint density at radius 2 is 2.05 bits per heavy atom. The van der Waals surface area contributed by atoms with Gasteiger partial charge in [0.1, 0.15) is 0 Å². The van der Waals surface area contributed by atoms with Crippen molar-refractivity contribution in [2.75, 3.05) is 33.4 Å². The first-order chi connectivity index (χ1) is 10.2. The summed E-state index contributed by atoms with van der Waals surface area (Å²) in [6.07, 6.45) is 2.61. The van der Waals surface area contributed by atoms with Crippen molar-refractivity contribution in [1.29, 1.82) is 0 Å². The highest BCUT2D eigenvalue weighted by Crippen LogP contribution is 2.16. The Balaban J connectivity index is 1.92. The van der Waals surface area contributed by atoms with Gasteiger partial charge in [-0.25, -0.2) is 0 Å². The summed E-state index contributed by atoms with van der Waals surface area (Å²) >= 11 is 0. The molecule has 0 aliphatic carbocycles. The van der Waals surface area contributed by atoms with Gasteiger partial charge in [-0.3, -0.25) is 4.90 Å². The SMILES string of the molecule is COCCN(Cc1ccc(C(C)C)cc1)CC1CCCN1. The molecule has 1 aromatic carbocycles. The largest absolute Gasteiger partial charge is 0.383 e. The van der Waals surface area contributed by atoms with E-state index in [0.29, 0.717) is 12.0 Å². The molecule has 1 heterocycles. The van der Waals surface area contributed by atoms with Crippen LogP contribution in [-0.2, 0) is 11.3 Å². The molecule has 0 bridgehead atoms. The lowest BCUT2D eigenvalue weighted by Gasteiger charge is -2.25. The summed E-state index contributed by atoms with van der Waals surface area (Å²) in [5.41, 5.74) is 2.81. The lowest BCUT2D eigenvalue weighted by Crippen LogP contribution is -2.38. The van der Waals surface area contributed by atoms with Crippen molar-refractivity contribution in [1.82, 2.24) is 10.2 Å². The highest BCUT2D eigenvalue weighted by atomic mass is 16.5. The lowest BCUT2D eigenvalue weighted by molar-refractivity contribution is 0.138. The first-order valence-electron chi connectivity index (χ1n) is 8.22. The van der Waals surface area contributed by atoms with Gasteiger partial charge in [-0.05, 0) is 36.4 Å². The predicted molar refractivity (Wildman–Crippen MR) is 88.7 cm³/mol. The molecule has 1 fully saturated rings. The van der Waals surface area contributed by atoms with Crippen LogP contribution in [0.15, 0.2) is 24.3 Å². The lowest BCUT2D eigenvalue weighted by atomic mass is 10.0. The molecule has 3 heteroatoms. The number of nitrogens with one attached hydrogen (secondary N) is 1. The molecule has 3 nitrogen and oxygen atoms in total. The van der Waals surface area contributed by atoms with Gasteiger partial charge in [0.05, 0.1) is 6.61 Å². The Bertz CT molecular complexity index is 396. The summed E-state index contributed by atoms with van der Waals surface area (Å²) in [7, 11) is 1.78. The number of nitrogens with zero attached hydrogens (tertiary/aromatic N) is 1. The summed E-state index contributed by atoms with van der Waals surface area (Å²) in [5.74, 6) is 0.603. The zero-order valence-corrected chi connectivity index (χ0v) is 13.8. The molecule has 118 valence electrons. The molecule has 1 unspecified atom stereocenters. The molecule has 21 heavy (non-hydrogen) atoms. The second kappa shape index (κ2) is 8.52. The minimum atomic E-state index is 0.603. The van der Waals surface area contributed by atoms with E-state index in [2.05, 4.69) is 48.3 Å². The van der Waals surface area contributed by atoms with Crippen molar-refractivity contribution in [3.63, 3.8) is 0 Å². The van der Waals surface area contributed by atoms with Crippen LogP contribution in [0.1, 0.15) is 43.7 Å². The number of hydrogen-bond donors (Lipinski definition) is 1. The highest BCUT2D eigenvalue weighted by molar-refractivity contribution is 5.24. The van der Waals surface area contributed by atoms with Crippen LogP contribution in [0.3, 0.4) is 0 Å². The molecule has 1 aliphatic rings. The van der Waals surface area contributed by atoms with Crippen molar-refractivity contribution in [3.05, 3.63) is 35.4 Å². The molecule has 2 rings (SSSR count). The number of benzene rings is 1. The van der Waals surface area contributed by atoms with E-state index < -0.39 is 0 Å². The fraction of sp³-hybridized carbons (Fsp3) is 0.667. The molecule has 1 aromatic rings. The van der Waals surface area contributed by atoms with Gasteiger partial charge >= 0.3 is 0 Å². The van der Waals surface area contributed by atoms with E-state index in [-0.39, 0.29) is 0 Å². The summed E-state index contributed by atoms with van der Waals surface area (Å²) < 4.78 is 5.26. The predicted octanol–water partition coefficient (Wildman–Crippen LogP) is 3.01. The van der Waals surface area contributed by atoms with Gasteiger partial charge in [0, 0.05) is 32.8 Å². The van der Waals surface area contributed by atoms with Crippen LogP contribution in [0.25, 0.3) is 0 Å². The summed E-state index contributed by atoms with van der Waals surface area (Å²) in [6.45, 7) is 9.59.